The highest BCUT2D eigenvalue weighted by Crippen LogP contribution is 2.39. The van der Waals surface area contributed by atoms with Gasteiger partial charge in [0.2, 0.25) is 23.3 Å². The van der Waals surface area contributed by atoms with Gasteiger partial charge in [-0.05, 0) is 0 Å². The largest absolute Gasteiger partial charge is 0.491 e. The molecule has 18 heavy (non-hydrogen) atoms. The van der Waals surface area contributed by atoms with Crippen LogP contribution in [0.5, 0.6) is 5.75 Å². The summed E-state index contributed by atoms with van der Waals surface area (Å²) in [5, 5.41) is 12.3. The van der Waals surface area contributed by atoms with E-state index in [4.69, 9.17) is 0 Å². The van der Waals surface area contributed by atoms with Gasteiger partial charge >= 0.3 is 5.69 Å². The van der Waals surface area contributed by atoms with E-state index >= 15 is 0 Å². The first-order valence-electron chi connectivity index (χ1n) is 4.47. The first kappa shape index (κ1) is 13.7. The van der Waals surface area contributed by atoms with Crippen molar-refractivity contribution in [3.63, 3.8) is 0 Å². The molecule has 0 spiro atoms. The van der Waals surface area contributed by atoms with Crippen molar-refractivity contribution in [2.75, 3.05) is 12.4 Å². The van der Waals surface area contributed by atoms with Gasteiger partial charge in [0.25, 0.3) is 0 Å². The normalized spacial score (nSPS) is 10.1. The van der Waals surface area contributed by atoms with E-state index in [1.165, 1.54) is 0 Å². The van der Waals surface area contributed by atoms with Crippen molar-refractivity contribution >= 4 is 17.3 Å². The highest BCUT2D eigenvalue weighted by atomic mass is 19.2. The molecule has 0 saturated carbocycles. The Kier molecular flexibility index (Phi) is 3.74. The van der Waals surface area contributed by atoms with Gasteiger partial charge in [0.15, 0.2) is 11.5 Å². The number of carbonyl (C=O) groups is 1. The fourth-order valence-electron chi connectivity index (χ4n) is 1.27. The van der Waals surface area contributed by atoms with Crippen LogP contribution in [0.4, 0.5) is 24.5 Å². The zero-order chi connectivity index (χ0) is 14.0. The molecule has 0 aliphatic rings. The van der Waals surface area contributed by atoms with E-state index < -0.39 is 45.4 Å². The summed E-state index contributed by atoms with van der Waals surface area (Å²) >= 11 is 0. The molecule has 9 heteroatoms. The number of benzene rings is 1. The van der Waals surface area contributed by atoms with E-state index in [1.54, 1.807) is 5.32 Å². The molecule has 0 aliphatic carbocycles. The lowest BCUT2D eigenvalue weighted by atomic mass is 10.2. The molecule has 0 fully saturated rings. The van der Waals surface area contributed by atoms with Gasteiger partial charge in [-0.25, -0.2) is 4.39 Å². The summed E-state index contributed by atoms with van der Waals surface area (Å²) in [5.74, 6) is -7.38. The van der Waals surface area contributed by atoms with Crippen LogP contribution in [0.2, 0.25) is 0 Å². The number of nitro groups is 1. The van der Waals surface area contributed by atoms with Gasteiger partial charge in [-0.2, -0.15) is 8.78 Å². The van der Waals surface area contributed by atoms with Gasteiger partial charge in [-0.3, -0.25) is 14.9 Å². The van der Waals surface area contributed by atoms with Crippen LogP contribution < -0.4 is 10.1 Å². The number of rotatable bonds is 3. The molecular weight excluding hydrogens is 257 g/mol. The van der Waals surface area contributed by atoms with E-state index in [-0.39, 0.29) is 0 Å². The topological polar surface area (TPSA) is 81.5 Å². The van der Waals surface area contributed by atoms with Crippen LogP contribution in [0.3, 0.4) is 0 Å². The van der Waals surface area contributed by atoms with Gasteiger partial charge in [0.1, 0.15) is 0 Å². The number of hydrogen-bond donors (Lipinski definition) is 1. The molecule has 0 aromatic heterocycles. The van der Waals surface area contributed by atoms with Crippen molar-refractivity contribution in [3.8, 4) is 5.75 Å². The Labute approximate surface area is 98.5 Å². The van der Waals surface area contributed by atoms with E-state index in [1.807, 2.05) is 0 Å². The second-order valence-corrected chi connectivity index (χ2v) is 3.14. The number of nitrogens with zero attached hydrogens (tertiary/aromatic N) is 1. The fraction of sp³-hybridized carbons (Fsp3) is 0.222. The average Bonchev–Trinajstić information content (AvgIpc) is 2.25. The summed E-state index contributed by atoms with van der Waals surface area (Å²) < 4.78 is 44.5. The van der Waals surface area contributed by atoms with Gasteiger partial charge in [0.05, 0.1) is 12.0 Å². The molecule has 0 unspecified atom stereocenters. The molecule has 0 saturated heterocycles. The molecule has 1 aromatic rings. The van der Waals surface area contributed by atoms with Gasteiger partial charge in [-0.15, -0.1) is 0 Å². The Morgan fingerprint density at radius 1 is 1.28 bits per heavy atom. The van der Waals surface area contributed by atoms with Crippen LogP contribution in [-0.4, -0.2) is 17.9 Å². The first-order valence-corrected chi connectivity index (χ1v) is 4.47. The van der Waals surface area contributed by atoms with Crippen molar-refractivity contribution in [2.24, 2.45) is 0 Å². The van der Waals surface area contributed by atoms with Crippen molar-refractivity contribution < 1.29 is 27.6 Å². The smallest absolute Gasteiger partial charge is 0.335 e. The fourth-order valence-corrected chi connectivity index (χ4v) is 1.27. The predicted molar refractivity (Wildman–Crippen MR) is 53.8 cm³/mol. The Balaban J connectivity index is 3.68. The molecule has 0 atom stereocenters. The van der Waals surface area contributed by atoms with E-state index in [2.05, 4.69) is 4.74 Å². The number of carbonyl (C=O) groups excluding carboxylic acids is 1. The van der Waals surface area contributed by atoms with Crippen molar-refractivity contribution in [3.05, 3.63) is 27.6 Å². The summed E-state index contributed by atoms with van der Waals surface area (Å²) in [4.78, 5) is 20.1. The lowest BCUT2D eigenvalue weighted by Gasteiger charge is -2.10. The molecule has 0 radical (unpaired) electrons. The van der Waals surface area contributed by atoms with E-state index in [0.717, 1.165) is 14.0 Å². The zero-order valence-corrected chi connectivity index (χ0v) is 9.21. The number of anilines is 1. The Morgan fingerprint density at radius 2 is 1.83 bits per heavy atom. The minimum absolute atomic E-state index is 0.822. The Bertz CT molecular complexity index is 533. The lowest BCUT2D eigenvalue weighted by Crippen LogP contribution is -2.13. The van der Waals surface area contributed by atoms with E-state index in [9.17, 15) is 28.1 Å². The first-order chi connectivity index (χ1) is 8.31. The third-order valence-corrected chi connectivity index (χ3v) is 1.94. The highest BCUT2D eigenvalue weighted by Gasteiger charge is 2.33. The van der Waals surface area contributed by atoms with Gasteiger partial charge in [-0.1, -0.05) is 0 Å². The van der Waals surface area contributed by atoms with Crippen LogP contribution in [0.15, 0.2) is 0 Å². The number of nitrogens with one attached hydrogen (secondary N) is 1. The molecule has 1 rings (SSSR count). The second kappa shape index (κ2) is 4.90. The maximum Gasteiger partial charge on any atom is 0.335 e. The molecule has 0 bridgehead atoms. The molecule has 0 aliphatic heterocycles. The van der Waals surface area contributed by atoms with Crippen molar-refractivity contribution in [1.82, 2.24) is 0 Å². The molecule has 6 nitrogen and oxygen atoms in total. The maximum atomic E-state index is 13.6. The van der Waals surface area contributed by atoms with Crippen LogP contribution >= 0.6 is 0 Å². The quantitative estimate of drug-likeness (QED) is 0.514. The van der Waals surface area contributed by atoms with E-state index in [0.29, 0.717) is 0 Å². The number of methoxy groups -OCH3 is 1. The monoisotopic (exact) mass is 264 g/mol. The highest BCUT2D eigenvalue weighted by molar-refractivity contribution is 5.91. The zero-order valence-electron chi connectivity index (χ0n) is 9.21. The maximum absolute atomic E-state index is 13.6. The van der Waals surface area contributed by atoms with Gasteiger partial charge < -0.3 is 10.1 Å². The molecular formula is C9H7F3N2O4. The molecule has 0 heterocycles. The molecule has 1 amide bonds. The van der Waals surface area contributed by atoms with Crippen LogP contribution in [-0.2, 0) is 4.79 Å². The number of nitro benzene ring substituents is 1. The third-order valence-electron chi connectivity index (χ3n) is 1.94. The molecule has 98 valence electrons. The number of halogens is 3. The van der Waals surface area contributed by atoms with Crippen LogP contribution in [0.25, 0.3) is 0 Å². The van der Waals surface area contributed by atoms with Gasteiger partial charge in [0, 0.05) is 6.92 Å². The summed E-state index contributed by atoms with van der Waals surface area (Å²) in [7, 11) is 0.822. The lowest BCUT2D eigenvalue weighted by molar-refractivity contribution is -0.386. The average molecular weight is 264 g/mol. The minimum Gasteiger partial charge on any atom is -0.491 e. The summed E-state index contributed by atoms with van der Waals surface area (Å²) in [6.45, 7) is 0.906. The molecule has 1 aromatic carbocycles. The standard InChI is InChI=1S/C9H7F3N2O4/c1-3(15)13-7-4(10)5(11)9(18-2)6(12)8(7)14(16)17/h1-2H3,(H,13,15). The predicted octanol–water partition coefficient (Wildman–Crippen LogP) is 1.98. The minimum atomic E-state index is -1.77. The number of hydrogen-bond acceptors (Lipinski definition) is 4. The summed E-state index contributed by atoms with van der Waals surface area (Å²) in [6.07, 6.45) is 0. The Morgan fingerprint density at radius 3 is 2.22 bits per heavy atom. The number of amides is 1. The van der Waals surface area contributed by atoms with Crippen molar-refractivity contribution in [1.29, 1.82) is 0 Å². The number of ether oxygens (including phenoxy) is 1. The SMILES string of the molecule is COc1c(F)c(F)c(NC(C)=O)c([N+](=O)[O-])c1F. The summed E-state index contributed by atoms with van der Waals surface area (Å²) in [6, 6.07) is 0. The Hall–Kier alpha value is -2.32. The van der Waals surface area contributed by atoms with Crippen LogP contribution in [0.1, 0.15) is 6.92 Å². The molecule has 1 N–H and O–H groups in total. The summed E-state index contributed by atoms with van der Waals surface area (Å²) in [5.41, 5.74) is -2.58. The van der Waals surface area contributed by atoms with Crippen LogP contribution in [0, 0.1) is 27.6 Å². The second-order valence-electron chi connectivity index (χ2n) is 3.14. The third kappa shape index (κ3) is 2.19. The van der Waals surface area contributed by atoms with Crippen molar-refractivity contribution in [2.45, 2.75) is 6.92 Å².